The van der Waals surface area contributed by atoms with Gasteiger partial charge in [0.15, 0.2) is 0 Å². The number of amides is 1. The van der Waals surface area contributed by atoms with Crippen LogP contribution in [0.15, 0.2) is 18.2 Å². The Kier molecular flexibility index (Phi) is 3.89. The molecule has 19 heavy (non-hydrogen) atoms. The monoisotopic (exact) mass is 326 g/mol. The molecule has 1 fully saturated rings. The van der Waals surface area contributed by atoms with Gasteiger partial charge >= 0.3 is 0 Å². The number of alkyl halides is 1. The molecule has 0 aromatic heterocycles. The highest BCUT2D eigenvalue weighted by Gasteiger charge is 2.41. The van der Waals surface area contributed by atoms with Crippen molar-refractivity contribution < 1.29 is 9.72 Å². The minimum absolute atomic E-state index is 0.00757. The van der Waals surface area contributed by atoms with Crippen LogP contribution in [0.1, 0.15) is 28.8 Å². The predicted molar refractivity (Wildman–Crippen MR) is 75.6 cm³/mol. The fraction of sp³-hybridized carbons (Fsp3) is 0.462. The summed E-state index contributed by atoms with van der Waals surface area (Å²) in [4.78, 5) is 22.2. The normalized spacial score (nSPS) is 15.9. The molecule has 0 heterocycles. The molecule has 1 N–H and O–H groups in total. The number of nitro groups is 1. The largest absolute Gasteiger partial charge is 0.351 e. The summed E-state index contributed by atoms with van der Waals surface area (Å²) >= 11 is 3.45. The van der Waals surface area contributed by atoms with Crippen molar-refractivity contribution >= 4 is 27.5 Å². The quantitative estimate of drug-likeness (QED) is 0.513. The molecule has 6 heteroatoms. The van der Waals surface area contributed by atoms with E-state index in [1.54, 1.807) is 6.92 Å². The van der Waals surface area contributed by atoms with E-state index in [4.69, 9.17) is 0 Å². The Labute approximate surface area is 119 Å². The standard InChI is InChI=1S/C13H15BrN2O3/c1-9-6-10(16(18)19)2-3-11(9)12(17)15-8-13(7-14)4-5-13/h2-3,6H,4-5,7-8H2,1H3,(H,15,17). The van der Waals surface area contributed by atoms with E-state index in [-0.39, 0.29) is 17.0 Å². The summed E-state index contributed by atoms with van der Waals surface area (Å²) in [6.07, 6.45) is 2.25. The molecule has 1 aliphatic rings. The molecule has 1 saturated carbocycles. The van der Waals surface area contributed by atoms with Gasteiger partial charge in [-0.2, -0.15) is 0 Å². The number of nitro benzene ring substituents is 1. The summed E-state index contributed by atoms with van der Waals surface area (Å²) in [6, 6.07) is 4.29. The van der Waals surface area contributed by atoms with Crippen LogP contribution < -0.4 is 5.32 Å². The van der Waals surface area contributed by atoms with Crippen LogP contribution in [-0.4, -0.2) is 22.7 Å². The summed E-state index contributed by atoms with van der Waals surface area (Å²) in [7, 11) is 0. The maximum absolute atomic E-state index is 12.0. The van der Waals surface area contributed by atoms with Crippen LogP contribution in [0, 0.1) is 22.5 Å². The average Bonchev–Trinajstić information content (AvgIpc) is 3.16. The van der Waals surface area contributed by atoms with E-state index in [1.807, 2.05) is 0 Å². The number of nitrogens with one attached hydrogen (secondary N) is 1. The minimum atomic E-state index is -0.460. The van der Waals surface area contributed by atoms with Crippen LogP contribution in [-0.2, 0) is 0 Å². The van der Waals surface area contributed by atoms with Crippen LogP contribution >= 0.6 is 15.9 Å². The number of benzene rings is 1. The number of carbonyl (C=O) groups excluding carboxylic acids is 1. The van der Waals surface area contributed by atoms with Crippen LogP contribution in [0.4, 0.5) is 5.69 Å². The van der Waals surface area contributed by atoms with Crippen molar-refractivity contribution in [3.63, 3.8) is 0 Å². The molecule has 0 aliphatic heterocycles. The van der Waals surface area contributed by atoms with E-state index in [2.05, 4.69) is 21.2 Å². The lowest BCUT2D eigenvalue weighted by molar-refractivity contribution is -0.384. The van der Waals surface area contributed by atoms with E-state index >= 15 is 0 Å². The lowest BCUT2D eigenvalue weighted by Gasteiger charge is -2.13. The van der Waals surface area contributed by atoms with Gasteiger partial charge in [-0.1, -0.05) is 15.9 Å². The van der Waals surface area contributed by atoms with E-state index < -0.39 is 4.92 Å². The summed E-state index contributed by atoms with van der Waals surface area (Å²) in [6.45, 7) is 2.35. The van der Waals surface area contributed by atoms with E-state index in [9.17, 15) is 14.9 Å². The SMILES string of the molecule is Cc1cc([N+](=O)[O-])ccc1C(=O)NCC1(CBr)CC1. The fourth-order valence-corrected chi connectivity index (χ4v) is 2.67. The lowest BCUT2D eigenvalue weighted by Crippen LogP contribution is -2.31. The Hall–Kier alpha value is -1.43. The first-order valence-electron chi connectivity index (χ1n) is 6.07. The second-order valence-electron chi connectivity index (χ2n) is 5.07. The molecule has 0 spiro atoms. The van der Waals surface area contributed by atoms with Crippen LogP contribution in [0.5, 0.6) is 0 Å². The van der Waals surface area contributed by atoms with Gasteiger partial charge in [-0.3, -0.25) is 14.9 Å². The van der Waals surface area contributed by atoms with Crippen molar-refractivity contribution in [2.45, 2.75) is 19.8 Å². The molecule has 0 bridgehead atoms. The Balaban J connectivity index is 2.05. The van der Waals surface area contributed by atoms with Crippen molar-refractivity contribution in [1.29, 1.82) is 0 Å². The number of non-ortho nitro benzene ring substituents is 1. The van der Waals surface area contributed by atoms with Gasteiger partial charge in [-0.15, -0.1) is 0 Å². The maximum Gasteiger partial charge on any atom is 0.269 e. The highest BCUT2D eigenvalue weighted by molar-refractivity contribution is 9.09. The first-order valence-corrected chi connectivity index (χ1v) is 7.19. The minimum Gasteiger partial charge on any atom is -0.351 e. The molecule has 5 nitrogen and oxygen atoms in total. The molecule has 1 amide bonds. The molecule has 102 valence electrons. The van der Waals surface area contributed by atoms with E-state index in [0.29, 0.717) is 17.7 Å². The Bertz CT molecular complexity index is 527. The van der Waals surface area contributed by atoms with Gasteiger partial charge in [-0.05, 0) is 36.8 Å². The Morgan fingerprint density at radius 1 is 1.53 bits per heavy atom. The second-order valence-corrected chi connectivity index (χ2v) is 5.63. The van der Waals surface area contributed by atoms with E-state index in [0.717, 1.165) is 18.2 Å². The third kappa shape index (κ3) is 3.12. The highest BCUT2D eigenvalue weighted by Crippen LogP contribution is 2.46. The summed E-state index contributed by atoms with van der Waals surface area (Å²) < 4.78 is 0. The van der Waals surface area contributed by atoms with Crippen LogP contribution in [0.2, 0.25) is 0 Å². The zero-order chi connectivity index (χ0) is 14.0. The summed E-state index contributed by atoms with van der Waals surface area (Å²) in [5.41, 5.74) is 1.34. The summed E-state index contributed by atoms with van der Waals surface area (Å²) in [5, 5.41) is 14.4. The van der Waals surface area contributed by atoms with Gasteiger partial charge in [-0.25, -0.2) is 0 Å². The van der Waals surface area contributed by atoms with Crippen molar-refractivity contribution in [3.05, 3.63) is 39.4 Å². The smallest absolute Gasteiger partial charge is 0.269 e. The molecule has 0 unspecified atom stereocenters. The first kappa shape index (κ1) is 14.0. The van der Waals surface area contributed by atoms with Gasteiger partial charge < -0.3 is 5.32 Å². The van der Waals surface area contributed by atoms with Crippen molar-refractivity contribution in [1.82, 2.24) is 5.32 Å². The van der Waals surface area contributed by atoms with Crippen molar-refractivity contribution in [2.75, 3.05) is 11.9 Å². The van der Waals surface area contributed by atoms with Gasteiger partial charge in [0.05, 0.1) is 4.92 Å². The lowest BCUT2D eigenvalue weighted by atomic mass is 10.1. The van der Waals surface area contributed by atoms with E-state index in [1.165, 1.54) is 18.2 Å². The van der Waals surface area contributed by atoms with Crippen molar-refractivity contribution in [2.24, 2.45) is 5.41 Å². The maximum atomic E-state index is 12.0. The first-order chi connectivity index (χ1) is 8.97. The number of hydrogen-bond donors (Lipinski definition) is 1. The number of rotatable bonds is 5. The van der Waals surface area contributed by atoms with Gasteiger partial charge in [0, 0.05) is 29.6 Å². The number of halogens is 1. The van der Waals surface area contributed by atoms with Gasteiger partial charge in [0.1, 0.15) is 0 Å². The molecule has 0 radical (unpaired) electrons. The Morgan fingerprint density at radius 2 is 2.21 bits per heavy atom. The van der Waals surface area contributed by atoms with Gasteiger partial charge in [0.25, 0.3) is 11.6 Å². The highest BCUT2D eigenvalue weighted by atomic mass is 79.9. The van der Waals surface area contributed by atoms with Gasteiger partial charge in [0.2, 0.25) is 0 Å². The summed E-state index contributed by atoms with van der Waals surface area (Å²) in [5.74, 6) is -0.167. The number of hydrogen-bond acceptors (Lipinski definition) is 3. The van der Waals surface area contributed by atoms with Crippen molar-refractivity contribution in [3.8, 4) is 0 Å². The third-order valence-electron chi connectivity index (χ3n) is 3.53. The number of carbonyl (C=O) groups is 1. The third-order valence-corrected chi connectivity index (χ3v) is 4.72. The average molecular weight is 327 g/mol. The number of aryl methyl sites for hydroxylation is 1. The van der Waals surface area contributed by atoms with Crippen LogP contribution in [0.3, 0.4) is 0 Å². The zero-order valence-corrected chi connectivity index (χ0v) is 12.2. The molecular weight excluding hydrogens is 312 g/mol. The second kappa shape index (κ2) is 5.28. The molecule has 2 rings (SSSR count). The molecule has 0 saturated heterocycles. The van der Waals surface area contributed by atoms with Crippen LogP contribution in [0.25, 0.3) is 0 Å². The molecule has 1 aromatic carbocycles. The molecule has 1 aliphatic carbocycles. The number of nitrogens with zero attached hydrogens (tertiary/aromatic N) is 1. The molecular formula is C13H15BrN2O3. The predicted octanol–water partition coefficient (Wildman–Crippen LogP) is 2.81. The fourth-order valence-electron chi connectivity index (χ4n) is 1.91. The topological polar surface area (TPSA) is 72.2 Å². The zero-order valence-electron chi connectivity index (χ0n) is 10.6. The Morgan fingerprint density at radius 3 is 2.68 bits per heavy atom. The molecule has 1 aromatic rings. The molecule has 0 atom stereocenters.